The number of H-pyrrole nitrogens is 2. The fourth-order valence-corrected chi connectivity index (χ4v) is 9.07. The van der Waals surface area contributed by atoms with Gasteiger partial charge >= 0.3 is 24.1 Å². The van der Waals surface area contributed by atoms with Crippen LogP contribution in [0.25, 0.3) is 33.2 Å². The Bertz CT molecular complexity index is 2320. The quantitative estimate of drug-likeness (QED) is 0.0776. The van der Waals surface area contributed by atoms with Gasteiger partial charge in [0.2, 0.25) is 11.8 Å². The molecule has 16 nitrogen and oxygen atoms in total. The van der Waals surface area contributed by atoms with E-state index in [9.17, 15) is 37.5 Å². The molecule has 4 N–H and O–H groups in total. The molecule has 2 aliphatic heterocycles. The Morgan fingerprint density at radius 2 is 1.02 bits per heavy atom. The van der Waals surface area contributed by atoms with Crippen LogP contribution in [0.1, 0.15) is 106 Å². The number of fused-ring (bicyclic) bond motifs is 2. The number of esters is 2. The monoisotopic (exact) mass is 920 g/mol. The van der Waals surface area contributed by atoms with Crippen molar-refractivity contribution >= 4 is 57.7 Å². The number of carbonyl (C=O) groups excluding carboxylic acids is 6. The first-order valence-corrected chi connectivity index (χ1v) is 22.5. The topological polar surface area (TPSA) is 201 Å². The van der Waals surface area contributed by atoms with E-state index in [1.54, 1.807) is 77.3 Å². The molecule has 2 fully saturated rings. The van der Waals surface area contributed by atoms with E-state index in [-0.39, 0.29) is 51.6 Å². The molecular weight excluding hydrogens is 859 g/mol. The Morgan fingerprint density at radius 3 is 1.33 bits per heavy atom. The maximum Gasteiger partial charge on any atom is 0.408 e. The first-order chi connectivity index (χ1) is 30.9. The van der Waals surface area contributed by atoms with Crippen LogP contribution in [0.3, 0.4) is 0 Å². The zero-order chi connectivity index (χ0) is 48.4. The summed E-state index contributed by atoms with van der Waals surface area (Å²) >= 11 is 0. The van der Waals surface area contributed by atoms with Gasteiger partial charge in [-0.1, -0.05) is 13.8 Å². The van der Waals surface area contributed by atoms with E-state index >= 15 is 0 Å². The molecule has 0 spiro atoms. The van der Waals surface area contributed by atoms with Crippen LogP contribution in [0.2, 0.25) is 0 Å². The second-order valence-corrected chi connectivity index (χ2v) is 19.2. The van der Waals surface area contributed by atoms with Crippen molar-refractivity contribution in [3.05, 3.63) is 59.2 Å². The number of carbonyl (C=O) groups is 6. The smallest absolute Gasteiger partial charge is 0.408 e. The van der Waals surface area contributed by atoms with Crippen LogP contribution in [0, 0.1) is 11.6 Å². The summed E-state index contributed by atoms with van der Waals surface area (Å²) in [5.74, 6) is -2.86. The van der Waals surface area contributed by atoms with Crippen molar-refractivity contribution in [2.45, 2.75) is 155 Å². The van der Waals surface area contributed by atoms with Crippen molar-refractivity contribution in [2.24, 2.45) is 0 Å². The Hall–Kier alpha value is -6.20. The number of hydrogen-bond acceptors (Lipinski definition) is 10. The summed E-state index contributed by atoms with van der Waals surface area (Å²) in [6.45, 7) is 16.5. The van der Waals surface area contributed by atoms with Crippen LogP contribution in [-0.4, -0.2) is 116 Å². The van der Waals surface area contributed by atoms with Gasteiger partial charge in [0.15, 0.2) is 0 Å². The Morgan fingerprint density at radius 1 is 0.652 bits per heavy atom. The first kappa shape index (κ1) is 49.2. The summed E-state index contributed by atoms with van der Waals surface area (Å²) in [7, 11) is 0. The number of halogens is 2. The van der Waals surface area contributed by atoms with E-state index in [1.807, 2.05) is 0 Å². The maximum absolute atomic E-state index is 15.0. The SMILES string of the molecule is CC[C@H](NC(=O)OC(C)(C)C)C(=O)N1C[C@@H](OC(C)=O)C[C@H]1Cc1c(-c2[nH]c3cc(F)ccc3c2C[C@@H]2C[C@H](OC(C)=O)CN2C(=O)[C@H](CC)NC(=O)OC(C)(C)C)[nH]c2cc(F)ccc12. The van der Waals surface area contributed by atoms with E-state index in [0.717, 1.165) is 0 Å². The summed E-state index contributed by atoms with van der Waals surface area (Å²) in [5, 5.41) is 6.66. The van der Waals surface area contributed by atoms with Crippen LogP contribution in [0.5, 0.6) is 0 Å². The van der Waals surface area contributed by atoms with Crippen molar-refractivity contribution in [3.63, 3.8) is 0 Å². The van der Waals surface area contributed by atoms with Crippen molar-refractivity contribution in [2.75, 3.05) is 13.1 Å². The van der Waals surface area contributed by atoms with Gasteiger partial charge in [-0.3, -0.25) is 19.2 Å². The minimum atomic E-state index is -0.968. The number of aromatic nitrogens is 2. The number of hydrogen-bond donors (Lipinski definition) is 4. The minimum Gasteiger partial charge on any atom is -0.461 e. The summed E-state index contributed by atoms with van der Waals surface area (Å²) in [6, 6.07) is 5.53. The van der Waals surface area contributed by atoms with E-state index in [2.05, 4.69) is 20.6 Å². The standard InChI is InChI=1S/C48H62F2N6O10/c1-11-37(53-45(61)65-47(5,6)7)43(59)55-23-31(63-25(3)57)19-29(55)21-35-33-15-13-27(49)17-39(33)51-41(35)42-36(34-16-14-28(50)18-40(34)52-42)22-30-20-32(64-26(4)58)24-56(30)44(60)38(12-2)54-46(62)66-48(8,9)10/h13-18,29-32,37-38,51-52H,11-12,19-24H2,1-10H3,(H,53,61)(H,54,62)/t29-,30-,31-,32-,37-,38-/m0/s1. The number of benzene rings is 2. The van der Waals surface area contributed by atoms with Crippen LogP contribution in [0.15, 0.2) is 36.4 Å². The van der Waals surface area contributed by atoms with Crippen LogP contribution >= 0.6 is 0 Å². The van der Waals surface area contributed by atoms with E-state index in [4.69, 9.17) is 18.9 Å². The molecule has 0 bridgehead atoms. The molecule has 2 aromatic heterocycles. The molecule has 358 valence electrons. The van der Waals surface area contributed by atoms with E-state index in [0.29, 0.717) is 44.3 Å². The fourth-order valence-electron chi connectivity index (χ4n) is 9.07. The summed E-state index contributed by atoms with van der Waals surface area (Å²) in [5.41, 5.74) is 1.61. The molecule has 6 atom stereocenters. The van der Waals surface area contributed by atoms with E-state index in [1.165, 1.54) is 38.1 Å². The molecule has 4 heterocycles. The Kier molecular flexibility index (Phi) is 14.7. The largest absolute Gasteiger partial charge is 0.461 e. The highest BCUT2D eigenvalue weighted by Crippen LogP contribution is 2.40. The van der Waals surface area contributed by atoms with Gasteiger partial charge in [0, 0.05) is 60.6 Å². The van der Waals surface area contributed by atoms with Gasteiger partial charge in [0.25, 0.3) is 0 Å². The van der Waals surface area contributed by atoms with Gasteiger partial charge in [-0.15, -0.1) is 0 Å². The molecular formula is C48H62F2N6O10. The lowest BCUT2D eigenvalue weighted by molar-refractivity contribution is -0.147. The van der Waals surface area contributed by atoms with Gasteiger partial charge in [-0.2, -0.15) is 0 Å². The number of nitrogens with zero attached hydrogens (tertiary/aromatic N) is 2. The number of likely N-dealkylation sites (tertiary alicyclic amines) is 2. The second-order valence-electron chi connectivity index (χ2n) is 19.2. The highest BCUT2D eigenvalue weighted by atomic mass is 19.1. The molecule has 18 heteroatoms. The predicted molar refractivity (Wildman–Crippen MR) is 241 cm³/mol. The third kappa shape index (κ3) is 11.8. The van der Waals surface area contributed by atoms with Crippen LogP contribution < -0.4 is 10.6 Å². The molecule has 0 saturated carbocycles. The molecule has 2 saturated heterocycles. The molecule has 0 unspecified atom stereocenters. The fraction of sp³-hybridized carbons (Fsp3) is 0.542. The lowest BCUT2D eigenvalue weighted by Gasteiger charge is -2.30. The number of alkyl carbamates (subject to hydrolysis) is 2. The minimum absolute atomic E-state index is 0.0510. The van der Waals surface area contributed by atoms with Crippen molar-refractivity contribution in [1.82, 2.24) is 30.4 Å². The maximum atomic E-state index is 15.0. The molecule has 0 aliphatic carbocycles. The number of amides is 4. The molecule has 66 heavy (non-hydrogen) atoms. The number of nitrogens with one attached hydrogen (secondary N) is 4. The number of ether oxygens (including phenoxy) is 4. The average molecular weight is 921 g/mol. The second kappa shape index (κ2) is 19.7. The lowest BCUT2D eigenvalue weighted by Crippen LogP contribution is -2.51. The first-order valence-electron chi connectivity index (χ1n) is 22.5. The van der Waals surface area contributed by atoms with Gasteiger partial charge < -0.3 is 49.3 Å². The average Bonchev–Trinajstić information content (AvgIpc) is 3.96. The molecule has 4 amide bonds. The van der Waals surface area contributed by atoms with Crippen LogP contribution in [-0.2, 0) is 51.0 Å². The highest BCUT2D eigenvalue weighted by molar-refractivity contribution is 5.96. The predicted octanol–water partition coefficient (Wildman–Crippen LogP) is 7.35. The molecule has 2 aromatic carbocycles. The van der Waals surface area contributed by atoms with Gasteiger partial charge in [0.05, 0.1) is 24.5 Å². The van der Waals surface area contributed by atoms with Crippen molar-refractivity contribution < 1.29 is 56.5 Å². The van der Waals surface area contributed by atoms with E-state index < -0.39 is 95.2 Å². The van der Waals surface area contributed by atoms with Crippen LogP contribution in [0.4, 0.5) is 18.4 Å². The van der Waals surface area contributed by atoms with Gasteiger partial charge in [-0.25, -0.2) is 18.4 Å². The molecule has 4 aromatic rings. The number of aromatic amines is 2. The molecule has 6 rings (SSSR count). The Labute approximate surface area is 382 Å². The molecule has 0 radical (unpaired) electrons. The summed E-state index contributed by atoms with van der Waals surface area (Å²) in [4.78, 5) is 89.1. The normalized spacial score (nSPS) is 19.7. The summed E-state index contributed by atoms with van der Waals surface area (Å²) in [6.07, 6.45) is -1.53. The van der Waals surface area contributed by atoms with Gasteiger partial charge in [0.1, 0.15) is 47.1 Å². The van der Waals surface area contributed by atoms with Gasteiger partial charge in [-0.05, 0) is 115 Å². The summed E-state index contributed by atoms with van der Waals surface area (Å²) < 4.78 is 52.2. The number of rotatable bonds is 13. The molecule has 2 aliphatic rings. The third-order valence-corrected chi connectivity index (χ3v) is 11.6. The van der Waals surface area contributed by atoms with Crippen molar-refractivity contribution in [1.29, 1.82) is 0 Å². The Balaban J connectivity index is 1.43. The van der Waals surface area contributed by atoms with Crippen molar-refractivity contribution in [3.8, 4) is 11.4 Å². The zero-order valence-electron chi connectivity index (χ0n) is 39.3. The third-order valence-electron chi connectivity index (χ3n) is 11.6. The lowest BCUT2D eigenvalue weighted by atomic mass is 9.94. The highest BCUT2D eigenvalue weighted by Gasteiger charge is 2.43. The zero-order valence-corrected chi connectivity index (χ0v) is 39.3.